The van der Waals surface area contributed by atoms with Crippen LogP contribution in [0.25, 0.3) is 0 Å². The number of nitriles is 1. The molecule has 9 nitrogen and oxygen atoms in total. The molecule has 0 bridgehead atoms. The fourth-order valence-electron chi connectivity index (χ4n) is 3.32. The molecular weight excluding hydrogens is 502 g/mol. The van der Waals surface area contributed by atoms with Crippen molar-refractivity contribution in [2.24, 2.45) is 0 Å². The first-order valence-electron chi connectivity index (χ1n) is 9.43. The molecule has 1 atom stereocenters. The summed E-state index contributed by atoms with van der Waals surface area (Å²) in [5, 5.41) is 8.96. The summed E-state index contributed by atoms with van der Waals surface area (Å²) < 4.78 is 38.9. The molecule has 11 heteroatoms. The van der Waals surface area contributed by atoms with Crippen LogP contribution >= 0.6 is 15.9 Å². The summed E-state index contributed by atoms with van der Waals surface area (Å²) in [5.41, 5.74) is 0.629. The van der Waals surface area contributed by atoms with Gasteiger partial charge in [0.1, 0.15) is 6.04 Å². The second kappa shape index (κ2) is 9.89. The molecule has 0 saturated carbocycles. The summed E-state index contributed by atoms with van der Waals surface area (Å²) in [6, 6.07) is 12.5. The lowest BCUT2D eigenvalue weighted by Crippen LogP contribution is -2.49. The second-order valence-corrected chi connectivity index (χ2v) is 9.68. The number of hydrogen-bond acceptors (Lipinski definition) is 7. The van der Waals surface area contributed by atoms with Gasteiger partial charge in [0.15, 0.2) is 6.29 Å². The molecule has 0 radical (unpaired) electrons. The van der Waals surface area contributed by atoms with E-state index in [4.69, 9.17) is 14.7 Å². The van der Waals surface area contributed by atoms with Crippen LogP contribution in [-0.4, -0.2) is 57.6 Å². The molecule has 0 spiro atoms. The number of imide groups is 1. The summed E-state index contributed by atoms with van der Waals surface area (Å²) in [4.78, 5) is 26.9. The summed E-state index contributed by atoms with van der Waals surface area (Å²) >= 11 is 3.27. The fraction of sp³-hybridized carbons (Fsp3) is 0.286. The Kier molecular flexibility index (Phi) is 7.43. The maximum Gasteiger partial charge on any atom is 0.252 e. The van der Waals surface area contributed by atoms with Crippen molar-refractivity contribution in [3.63, 3.8) is 0 Å². The summed E-state index contributed by atoms with van der Waals surface area (Å²) in [6.07, 6.45) is -1.29. The number of benzene rings is 2. The number of rotatable bonds is 8. The predicted octanol–water partition coefficient (Wildman–Crippen LogP) is 2.26. The Morgan fingerprint density at radius 2 is 1.72 bits per heavy atom. The van der Waals surface area contributed by atoms with Crippen LogP contribution < -0.4 is 4.90 Å². The Hall–Kier alpha value is -2.62. The minimum atomic E-state index is -4.18. The number of sulfonamides is 1. The van der Waals surface area contributed by atoms with Gasteiger partial charge in [-0.2, -0.15) is 9.57 Å². The average Bonchev–Trinajstić information content (AvgIpc) is 3.08. The monoisotopic (exact) mass is 521 g/mol. The van der Waals surface area contributed by atoms with Gasteiger partial charge < -0.3 is 9.47 Å². The van der Waals surface area contributed by atoms with Gasteiger partial charge in [-0.25, -0.2) is 13.3 Å². The lowest BCUT2D eigenvalue weighted by atomic mass is 10.2. The van der Waals surface area contributed by atoms with Crippen molar-refractivity contribution in [1.29, 1.82) is 5.26 Å². The smallest absolute Gasteiger partial charge is 0.252 e. The number of anilines is 1. The van der Waals surface area contributed by atoms with Gasteiger partial charge in [-0.05, 0) is 48.5 Å². The number of ether oxygens (including phenoxy) is 2. The van der Waals surface area contributed by atoms with Gasteiger partial charge in [0, 0.05) is 18.7 Å². The SMILES string of the molecule is COC(CN(C1CC(=O)N(c2ccc(C#N)cc2)C1=O)S(=O)(=O)c1ccc(Br)cc1)OC. The molecule has 1 unspecified atom stereocenters. The van der Waals surface area contributed by atoms with Crippen LogP contribution in [0.15, 0.2) is 57.9 Å². The van der Waals surface area contributed by atoms with Crippen LogP contribution in [0.5, 0.6) is 0 Å². The molecule has 168 valence electrons. The first-order chi connectivity index (χ1) is 15.2. The van der Waals surface area contributed by atoms with Crippen LogP contribution in [-0.2, 0) is 29.1 Å². The van der Waals surface area contributed by atoms with E-state index in [9.17, 15) is 18.0 Å². The lowest BCUT2D eigenvalue weighted by Gasteiger charge is -2.29. The molecule has 0 N–H and O–H groups in total. The summed E-state index contributed by atoms with van der Waals surface area (Å²) in [7, 11) is -1.48. The van der Waals surface area contributed by atoms with E-state index < -0.39 is 34.2 Å². The molecular formula is C21H20BrN3O6S. The molecule has 1 saturated heterocycles. The molecule has 0 aliphatic carbocycles. The van der Waals surface area contributed by atoms with Gasteiger partial charge in [0.25, 0.3) is 5.91 Å². The zero-order valence-corrected chi connectivity index (χ0v) is 19.7. The Bertz CT molecular complexity index is 1140. The zero-order valence-electron chi connectivity index (χ0n) is 17.3. The second-order valence-electron chi connectivity index (χ2n) is 6.88. The average molecular weight is 522 g/mol. The largest absolute Gasteiger partial charge is 0.354 e. The van der Waals surface area contributed by atoms with Crippen molar-refractivity contribution >= 4 is 43.5 Å². The molecule has 2 aromatic carbocycles. The van der Waals surface area contributed by atoms with Crippen molar-refractivity contribution in [1.82, 2.24) is 4.31 Å². The van der Waals surface area contributed by atoms with Crippen molar-refractivity contribution in [3.05, 3.63) is 58.6 Å². The van der Waals surface area contributed by atoms with E-state index in [1.54, 1.807) is 12.1 Å². The maximum absolute atomic E-state index is 13.5. The Labute approximate surface area is 194 Å². The highest BCUT2D eigenvalue weighted by Gasteiger charge is 2.47. The number of amides is 2. The third-order valence-corrected chi connectivity index (χ3v) is 7.42. The number of hydrogen-bond donors (Lipinski definition) is 0. The van der Waals surface area contributed by atoms with E-state index in [2.05, 4.69) is 15.9 Å². The number of nitrogens with zero attached hydrogens (tertiary/aromatic N) is 3. The van der Waals surface area contributed by atoms with Crippen LogP contribution in [0.2, 0.25) is 0 Å². The normalized spacial score (nSPS) is 16.8. The maximum atomic E-state index is 13.5. The minimum Gasteiger partial charge on any atom is -0.354 e. The van der Waals surface area contributed by atoms with E-state index in [0.717, 1.165) is 9.21 Å². The minimum absolute atomic E-state index is 0.0382. The van der Waals surface area contributed by atoms with Gasteiger partial charge >= 0.3 is 0 Å². The molecule has 1 aliphatic rings. The van der Waals surface area contributed by atoms with Gasteiger partial charge in [-0.1, -0.05) is 15.9 Å². The molecule has 2 aromatic rings. The first kappa shape index (κ1) is 24.0. The molecule has 1 heterocycles. The first-order valence-corrected chi connectivity index (χ1v) is 11.7. The van der Waals surface area contributed by atoms with Gasteiger partial charge in [-0.3, -0.25) is 9.59 Å². The molecule has 0 aromatic heterocycles. The third kappa shape index (κ3) is 4.74. The van der Waals surface area contributed by atoms with Crippen molar-refractivity contribution in [3.8, 4) is 6.07 Å². The predicted molar refractivity (Wildman–Crippen MR) is 118 cm³/mol. The quantitative estimate of drug-likeness (QED) is 0.386. The molecule has 1 fully saturated rings. The standard InChI is InChI=1S/C21H20BrN3O6S/c1-30-20(31-2)13-24(32(28,29)17-9-5-15(22)6-10-17)18-11-19(26)25(21(18)27)16-7-3-14(12-23)4-8-16/h3-10,18,20H,11,13H2,1-2H3. The van der Waals surface area contributed by atoms with Crippen LogP contribution in [0.1, 0.15) is 12.0 Å². The number of methoxy groups -OCH3 is 2. The lowest BCUT2D eigenvalue weighted by molar-refractivity contribution is -0.125. The molecule has 32 heavy (non-hydrogen) atoms. The van der Waals surface area contributed by atoms with Gasteiger partial charge in [0.05, 0.1) is 35.2 Å². The number of halogens is 1. The molecule has 3 rings (SSSR count). The van der Waals surface area contributed by atoms with E-state index in [-0.39, 0.29) is 23.5 Å². The zero-order chi connectivity index (χ0) is 23.5. The highest BCUT2D eigenvalue weighted by molar-refractivity contribution is 9.10. The van der Waals surface area contributed by atoms with E-state index in [1.165, 1.54) is 50.6 Å². The van der Waals surface area contributed by atoms with Crippen molar-refractivity contribution in [2.75, 3.05) is 25.7 Å². The van der Waals surface area contributed by atoms with E-state index >= 15 is 0 Å². The van der Waals surface area contributed by atoms with Crippen LogP contribution in [0.4, 0.5) is 5.69 Å². The molecule has 2 amide bonds. The Balaban J connectivity index is 2.00. The van der Waals surface area contributed by atoms with Gasteiger partial charge in [0.2, 0.25) is 15.9 Å². The third-order valence-electron chi connectivity index (χ3n) is 5.00. The topological polar surface area (TPSA) is 117 Å². The highest BCUT2D eigenvalue weighted by atomic mass is 79.9. The molecule has 1 aliphatic heterocycles. The van der Waals surface area contributed by atoms with Crippen molar-refractivity contribution in [2.45, 2.75) is 23.6 Å². The van der Waals surface area contributed by atoms with Gasteiger partial charge in [-0.15, -0.1) is 0 Å². The fourth-order valence-corrected chi connectivity index (χ4v) is 5.16. The number of carbonyl (C=O) groups excluding carboxylic acids is 2. The van der Waals surface area contributed by atoms with E-state index in [0.29, 0.717) is 10.0 Å². The van der Waals surface area contributed by atoms with E-state index in [1.807, 2.05) is 6.07 Å². The Morgan fingerprint density at radius 1 is 1.12 bits per heavy atom. The Morgan fingerprint density at radius 3 is 2.25 bits per heavy atom. The van der Waals surface area contributed by atoms with Crippen LogP contribution in [0.3, 0.4) is 0 Å². The van der Waals surface area contributed by atoms with Crippen molar-refractivity contribution < 1.29 is 27.5 Å². The summed E-state index contributed by atoms with van der Waals surface area (Å²) in [6.45, 7) is -0.295. The van der Waals surface area contributed by atoms with Crippen LogP contribution in [0, 0.1) is 11.3 Å². The number of carbonyl (C=O) groups is 2. The summed E-state index contributed by atoms with van der Waals surface area (Å²) in [5.74, 6) is -1.24. The highest BCUT2D eigenvalue weighted by Crippen LogP contribution is 2.30.